The Labute approximate surface area is 203 Å². The lowest BCUT2D eigenvalue weighted by Crippen LogP contribution is -2.45. The first kappa shape index (κ1) is 23.4. The molecule has 4 rings (SSSR count). The van der Waals surface area contributed by atoms with Gasteiger partial charge in [0, 0.05) is 29.0 Å². The van der Waals surface area contributed by atoms with Gasteiger partial charge in [0.2, 0.25) is 5.91 Å². The highest BCUT2D eigenvalue weighted by Gasteiger charge is 2.37. The molecule has 2 aromatic rings. The van der Waals surface area contributed by atoms with Gasteiger partial charge in [0.1, 0.15) is 6.54 Å². The SMILES string of the molecule is C[C@@H]1CC(C)(C)N(C)c2cc(Cl)c(/C=C3\SC(=O)N(CC(=O)Nc4ccccc4)C3=O)cc21. The number of hydrogen-bond donors (Lipinski definition) is 1. The molecule has 2 aliphatic heterocycles. The number of hydrogen-bond acceptors (Lipinski definition) is 5. The largest absolute Gasteiger partial charge is 0.369 e. The Kier molecular flexibility index (Phi) is 6.29. The van der Waals surface area contributed by atoms with E-state index in [4.69, 9.17) is 11.6 Å². The van der Waals surface area contributed by atoms with E-state index in [1.807, 2.05) is 18.2 Å². The smallest absolute Gasteiger partial charge is 0.294 e. The van der Waals surface area contributed by atoms with Crippen LogP contribution in [0.5, 0.6) is 0 Å². The number of amides is 3. The molecular formula is C25H26ClN3O3S. The van der Waals surface area contributed by atoms with Gasteiger partial charge in [-0.05, 0) is 79.4 Å². The number of thioether (sulfide) groups is 1. The monoisotopic (exact) mass is 483 g/mol. The third-order valence-electron chi connectivity index (χ3n) is 6.27. The van der Waals surface area contributed by atoms with Crippen molar-refractivity contribution in [3.8, 4) is 0 Å². The lowest BCUT2D eigenvalue weighted by Gasteiger charge is -2.45. The van der Waals surface area contributed by atoms with Crippen LogP contribution in [0.1, 0.15) is 44.2 Å². The van der Waals surface area contributed by atoms with Crippen molar-refractivity contribution in [1.29, 1.82) is 0 Å². The van der Waals surface area contributed by atoms with Crippen LogP contribution in [0.2, 0.25) is 5.02 Å². The Hall–Kier alpha value is -2.77. The highest BCUT2D eigenvalue weighted by atomic mass is 35.5. The van der Waals surface area contributed by atoms with E-state index >= 15 is 0 Å². The zero-order valence-electron chi connectivity index (χ0n) is 19.0. The van der Waals surface area contributed by atoms with Crippen LogP contribution in [0.25, 0.3) is 6.08 Å². The fraction of sp³-hybridized carbons (Fsp3) is 0.320. The number of benzene rings is 2. The molecule has 172 valence electrons. The van der Waals surface area contributed by atoms with E-state index in [2.05, 4.69) is 38.0 Å². The van der Waals surface area contributed by atoms with Crippen LogP contribution < -0.4 is 10.2 Å². The second kappa shape index (κ2) is 8.88. The summed E-state index contributed by atoms with van der Waals surface area (Å²) >= 11 is 7.41. The van der Waals surface area contributed by atoms with Gasteiger partial charge in [0.25, 0.3) is 11.1 Å². The van der Waals surface area contributed by atoms with Crippen molar-refractivity contribution in [1.82, 2.24) is 4.90 Å². The highest BCUT2D eigenvalue weighted by molar-refractivity contribution is 8.18. The van der Waals surface area contributed by atoms with Gasteiger partial charge in [0.15, 0.2) is 0 Å². The maximum atomic E-state index is 12.9. The summed E-state index contributed by atoms with van der Waals surface area (Å²) in [5.41, 5.74) is 3.54. The predicted molar refractivity (Wildman–Crippen MR) is 135 cm³/mol. The van der Waals surface area contributed by atoms with Crippen LogP contribution in [0.15, 0.2) is 47.4 Å². The molecule has 3 amide bonds. The normalized spacial score (nSPS) is 20.9. The molecule has 0 saturated carbocycles. The Morgan fingerprint density at radius 3 is 2.64 bits per heavy atom. The number of carbonyl (C=O) groups excluding carboxylic acids is 3. The number of nitrogens with one attached hydrogen (secondary N) is 1. The second-order valence-electron chi connectivity index (χ2n) is 9.09. The zero-order valence-corrected chi connectivity index (χ0v) is 20.6. The van der Waals surface area contributed by atoms with E-state index in [1.165, 1.54) is 0 Å². The minimum Gasteiger partial charge on any atom is -0.369 e. The number of anilines is 2. The van der Waals surface area contributed by atoms with Gasteiger partial charge in [-0.2, -0.15) is 0 Å². The van der Waals surface area contributed by atoms with Crippen molar-refractivity contribution in [2.45, 2.75) is 38.6 Å². The van der Waals surface area contributed by atoms with Crippen molar-refractivity contribution in [2.24, 2.45) is 0 Å². The van der Waals surface area contributed by atoms with E-state index in [0.29, 0.717) is 22.2 Å². The molecule has 1 N–H and O–H groups in total. The van der Waals surface area contributed by atoms with E-state index in [-0.39, 0.29) is 17.0 Å². The summed E-state index contributed by atoms with van der Waals surface area (Å²) in [6, 6.07) is 12.8. The Balaban J connectivity index is 1.55. The summed E-state index contributed by atoms with van der Waals surface area (Å²) in [4.78, 5) is 41.2. The summed E-state index contributed by atoms with van der Waals surface area (Å²) in [6.45, 7) is 6.26. The third-order valence-corrected chi connectivity index (χ3v) is 7.51. The van der Waals surface area contributed by atoms with Crippen LogP contribution >= 0.6 is 23.4 Å². The van der Waals surface area contributed by atoms with Crippen molar-refractivity contribution in [2.75, 3.05) is 23.8 Å². The lowest BCUT2D eigenvalue weighted by molar-refractivity contribution is -0.127. The first-order valence-electron chi connectivity index (χ1n) is 10.7. The molecule has 2 aromatic carbocycles. The number of nitrogens with zero attached hydrogens (tertiary/aromatic N) is 2. The number of fused-ring (bicyclic) bond motifs is 1. The van der Waals surface area contributed by atoms with E-state index in [0.717, 1.165) is 34.3 Å². The first-order valence-corrected chi connectivity index (χ1v) is 11.9. The molecule has 1 atom stereocenters. The average molecular weight is 484 g/mol. The first-order chi connectivity index (χ1) is 15.6. The maximum Gasteiger partial charge on any atom is 0.294 e. The van der Waals surface area contributed by atoms with Gasteiger partial charge in [-0.15, -0.1) is 0 Å². The predicted octanol–water partition coefficient (Wildman–Crippen LogP) is 5.74. The van der Waals surface area contributed by atoms with Crippen molar-refractivity contribution in [3.63, 3.8) is 0 Å². The second-order valence-corrected chi connectivity index (χ2v) is 10.5. The van der Waals surface area contributed by atoms with Gasteiger partial charge in [0.05, 0.1) is 4.91 Å². The highest BCUT2D eigenvalue weighted by Crippen LogP contribution is 2.45. The summed E-state index contributed by atoms with van der Waals surface area (Å²) in [5, 5.41) is 2.73. The van der Waals surface area contributed by atoms with Gasteiger partial charge < -0.3 is 10.2 Å². The zero-order chi connectivity index (χ0) is 23.9. The molecule has 0 bridgehead atoms. The molecule has 2 heterocycles. The summed E-state index contributed by atoms with van der Waals surface area (Å²) in [6.07, 6.45) is 2.64. The number of para-hydroxylation sites is 1. The molecule has 0 radical (unpaired) electrons. The molecule has 0 aromatic heterocycles. The average Bonchev–Trinajstić information content (AvgIpc) is 3.01. The molecule has 1 saturated heterocycles. The number of halogens is 1. The number of imide groups is 1. The molecule has 0 unspecified atom stereocenters. The van der Waals surface area contributed by atoms with Gasteiger partial charge >= 0.3 is 0 Å². The minimum atomic E-state index is -0.492. The summed E-state index contributed by atoms with van der Waals surface area (Å²) in [5.74, 6) is -0.600. The van der Waals surface area contributed by atoms with Gasteiger partial charge in [-0.1, -0.05) is 36.7 Å². The number of rotatable bonds is 4. The Morgan fingerprint density at radius 1 is 1.24 bits per heavy atom. The van der Waals surface area contributed by atoms with E-state index < -0.39 is 17.1 Å². The fourth-order valence-corrected chi connectivity index (χ4v) is 5.40. The molecule has 0 aliphatic carbocycles. The molecule has 0 spiro atoms. The Morgan fingerprint density at radius 2 is 1.94 bits per heavy atom. The summed E-state index contributed by atoms with van der Waals surface area (Å²) < 4.78 is 0. The summed E-state index contributed by atoms with van der Waals surface area (Å²) in [7, 11) is 2.06. The molecule has 33 heavy (non-hydrogen) atoms. The van der Waals surface area contributed by atoms with E-state index in [9.17, 15) is 14.4 Å². The van der Waals surface area contributed by atoms with Crippen LogP contribution in [-0.2, 0) is 9.59 Å². The molecule has 6 nitrogen and oxygen atoms in total. The topological polar surface area (TPSA) is 69.7 Å². The number of carbonyl (C=O) groups is 3. The lowest BCUT2D eigenvalue weighted by atomic mass is 9.80. The standard InChI is InChI=1S/C25H26ClN3O3S/c1-15-13-25(2,3)28(4)20-12-19(26)16(10-18(15)20)11-21-23(31)29(24(32)33-21)14-22(30)27-17-8-6-5-7-9-17/h5-12,15H,13-14H2,1-4H3,(H,27,30)/b21-11-/t15-/m1/s1. The van der Waals surface area contributed by atoms with E-state index in [1.54, 1.807) is 30.3 Å². The quantitative estimate of drug-likeness (QED) is 0.562. The fourth-order valence-electron chi connectivity index (χ4n) is 4.36. The molecular weight excluding hydrogens is 458 g/mol. The molecule has 8 heteroatoms. The van der Waals surface area contributed by atoms with Crippen molar-refractivity contribution >= 4 is 57.9 Å². The van der Waals surface area contributed by atoms with Crippen LogP contribution in [0.4, 0.5) is 16.2 Å². The van der Waals surface area contributed by atoms with Gasteiger partial charge in [-0.3, -0.25) is 19.3 Å². The molecule has 1 fully saturated rings. The maximum absolute atomic E-state index is 12.9. The third kappa shape index (κ3) is 4.66. The van der Waals surface area contributed by atoms with Crippen molar-refractivity contribution < 1.29 is 14.4 Å². The molecule has 2 aliphatic rings. The Bertz CT molecular complexity index is 1160. The van der Waals surface area contributed by atoms with Crippen LogP contribution in [0, 0.1) is 0 Å². The van der Waals surface area contributed by atoms with Gasteiger partial charge in [-0.25, -0.2) is 0 Å². The minimum absolute atomic E-state index is 0.0141. The van der Waals surface area contributed by atoms with Crippen molar-refractivity contribution in [3.05, 3.63) is 63.5 Å². The van der Waals surface area contributed by atoms with Crippen LogP contribution in [-0.4, -0.2) is 41.1 Å². The van der Waals surface area contributed by atoms with Crippen LogP contribution in [0.3, 0.4) is 0 Å².